The lowest BCUT2D eigenvalue weighted by molar-refractivity contribution is -0.961. The largest absolute Gasteiger partial charge is 0.318 e. The van der Waals surface area contributed by atoms with Gasteiger partial charge in [0.15, 0.2) is 0 Å². The van der Waals surface area contributed by atoms with Gasteiger partial charge >= 0.3 is 0 Å². The number of hydrogen-bond acceptors (Lipinski definition) is 1. The van der Waals surface area contributed by atoms with Crippen LogP contribution in [0.15, 0.2) is 0 Å². The zero-order valence-electron chi connectivity index (χ0n) is 8.27. The molecule has 0 aliphatic carbocycles. The van der Waals surface area contributed by atoms with Crippen LogP contribution in [0.4, 0.5) is 0 Å². The van der Waals surface area contributed by atoms with E-state index in [1.807, 2.05) is 4.90 Å². The summed E-state index contributed by atoms with van der Waals surface area (Å²) in [5.74, 6) is 0. The molecule has 70 valence electrons. The van der Waals surface area contributed by atoms with Crippen LogP contribution in [0.2, 0.25) is 0 Å². The number of fused-ring (bicyclic) bond motifs is 1. The van der Waals surface area contributed by atoms with Gasteiger partial charge in [-0.3, -0.25) is 5.32 Å². The van der Waals surface area contributed by atoms with Crippen molar-refractivity contribution >= 4 is 0 Å². The van der Waals surface area contributed by atoms with E-state index in [2.05, 4.69) is 19.2 Å². The second-order valence-electron chi connectivity index (χ2n) is 4.58. The van der Waals surface area contributed by atoms with Crippen LogP contribution in [0.3, 0.4) is 0 Å². The molecular weight excluding hydrogens is 148 g/mol. The molecule has 2 fully saturated rings. The molecule has 2 aliphatic rings. The third kappa shape index (κ3) is 1.50. The van der Waals surface area contributed by atoms with Gasteiger partial charge in [0.05, 0.1) is 12.6 Å². The summed E-state index contributed by atoms with van der Waals surface area (Å²) in [6.07, 6.45) is 6.39. The number of nitrogens with one attached hydrogen (secondary N) is 2. The highest BCUT2D eigenvalue weighted by molar-refractivity contribution is 4.74. The van der Waals surface area contributed by atoms with Gasteiger partial charge in [0.2, 0.25) is 0 Å². The maximum atomic E-state index is 3.71. The molecule has 0 saturated carbocycles. The molecule has 2 N–H and O–H groups in total. The van der Waals surface area contributed by atoms with E-state index in [0.717, 1.165) is 18.2 Å². The highest BCUT2D eigenvalue weighted by atomic mass is 15.3. The molecule has 2 heteroatoms. The summed E-state index contributed by atoms with van der Waals surface area (Å²) in [4.78, 5) is 1.82. The van der Waals surface area contributed by atoms with Crippen molar-refractivity contribution in [2.24, 2.45) is 0 Å². The molecule has 0 aromatic rings. The lowest BCUT2D eigenvalue weighted by Gasteiger charge is -2.43. The number of piperidine rings is 1. The summed E-state index contributed by atoms with van der Waals surface area (Å²) in [7, 11) is 0. The molecule has 12 heavy (non-hydrogen) atoms. The quantitative estimate of drug-likeness (QED) is 0.528. The van der Waals surface area contributed by atoms with E-state index in [4.69, 9.17) is 0 Å². The molecule has 0 aromatic heterocycles. The highest BCUT2D eigenvalue weighted by Gasteiger charge is 2.35. The Morgan fingerprint density at radius 1 is 1.25 bits per heavy atom. The normalized spacial score (nSPS) is 48.5. The fourth-order valence-electron chi connectivity index (χ4n) is 2.91. The summed E-state index contributed by atoms with van der Waals surface area (Å²) in [6, 6.07) is 1.62. The number of hydrogen-bond donors (Lipinski definition) is 2. The molecule has 4 atom stereocenters. The smallest absolute Gasteiger partial charge is 0.141 e. The highest BCUT2D eigenvalue weighted by Crippen LogP contribution is 2.09. The number of quaternary nitrogens is 1. The van der Waals surface area contributed by atoms with Gasteiger partial charge in [-0.2, -0.15) is 0 Å². The SMILES string of the molecule is CC1CC(C)[NH+]2CCCCC2N1. The van der Waals surface area contributed by atoms with Gasteiger partial charge in [-0.1, -0.05) is 0 Å². The monoisotopic (exact) mass is 169 g/mol. The first-order valence-electron chi connectivity index (χ1n) is 5.39. The second-order valence-corrected chi connectivity index (χ2v) is 4.58. The predicted molar refractivity (Wildman–Crippen MR) is 50.1 cm³/mol. The van der Waals surface area contributed by atoms with E-state index in [1.54, 1.807) is 0 Å². The maximum Gasteiger partial charge on any atom is 0.141 e. The van der Waals surface area contributed by atoms with Crippen LogP contribution < -0.4 is 10.2 Å². The second kappa shape index (κ2) is 3.35. The van der Waals surface area contributed by atoms with Crippen molar-refractivity contribution in [3.05, 3.63) is 0 Å². The van der Waals surface area contributed by atoms with Crippen molar-refractivity contribution in [3.8, 4) is 0 Å². The summed E-state index contributed by atoms with van der Waals surface area (Å²) in [5.41, 5.74) is 0. The summed E-state index contributed by atoms with van der Waals surface area (Å²) in [6.45, 7) is 6.12. The topological polar surface area (TPSA) is 16.5 Å². The van der Waals surface area contributed by atoms with Crippen molar-refractivity contribution in [1.29, 1.82) is 0 Å². The molecule has 2 rings (SSSR count). The van der Waals surface area contributed by atoms with Gasteiger partial charge in [0.25, 0.3) is 0 Å². The summed E-state index contributed by atoms with van der Waals surface area (Å²) < 4.78 is 0. The molecule has 0 amide bonds. The molecule has 4 unspecified atom stereocenters. The average Bonchev–Trinajstić information content (AvgIpc) is 2.04. The van der Waals surface area contributed by atoms with Crippen molar-refractivity contribution < 1.29 is 4.90 Å². The molecule has 2 nitrogen and oxygen atoms in total. The maximum absolute atomic E-state index is 3.71. The Morgan fingerprint density at radius 3 is 2.92 bits per heavy atom. The van der Waals surface area contributed by atoms with Crippen LogP contribution in [0.5, 0.6) is 0 Å². The first-order chi connectivity index (χ1) is 5.77. The van der Waals surface area contributed by atoms with Crippen LogP contribution in [0.1, 0.15) is 39.5 Å². The van der Waals surface area contributed by atoms with E-state index in [0.29, 0.717) is 0 Å². The lowest BCUT2D eigenvalue weighted by Crippen LogP contribution is -3.22. The first kappa shape index (κ1) is 8.52. The zero-order valence-corrected chi connectivity index (χ0v) is 8.27. The van der Waals surface area contributed by atoms with Gasteiger partial charge in [0.1, 0.15) is 6.17 Å². The van der Waals surface area contributed by atoms with Gasteiger partial charge in [-0.05, 0) is 26.7 Å². The van der Waals surface area contributed by atoms with Crippen LogP contribution in [-0.2, 0) is 0 Å². The fraction of sp³-hybridized carbons (Fsp3) is 1.00. The summed E-state index contributed by atoms with van der Waals surface area (Å²) in [5, 5.41) is 3.71. The Hall–Kier alpha value is -0.0800. The minimum atomic E-state index is 0.742. The van der Waals surface area contributed by atoms with Crippen molar-refractivity contribution in [1.82, 2.24) is 5.32 Å². The van der Waals surface area contributed by atoms with Crippen molar-refractivity contribution in [3.63, 3.8) is 0 Å². The van der Waals surface area contributed by atoms with E-state index < -0.39 is 0 Å². The Balaban J connectivity index is 2.01. The molecular formula is C10H21N2+. The van der Waals surface area contributed by atoms with Gasteiger partial charge in [-0.25, -0.2) is 0 Å². The minimum absolute atomic E-state index is 0.742. The third-order valence-electron chi connectivity index (χ3n) is 3.48. The van der Waals surface area contributed by atoms with E-state index in [9.17, 15) is 0 Å². The lowest BCUT2D eigenvalue weighted by atomic mass is 9.97. The number of rotatable bonds is 0. The summed E-state index contributed by atoms with van der Waals surface area (Å²) >= 11 is 0. The average molecular weight is 169 g/mol. The molecule has 0 spiro atoms. The molecule has 2 aliphatic heterocycles. The molecule has 0 aromatic carbocycles. The minimum Gasteiger partial charge on any atom is -0.318 e. The first-order valence-corrected chi connectivity index (χ1v) is 5.39. The van der Waals surface area contributed by atoms with Crippen molar-refractivity contribution in [2.45, 2.75) is 57.8 Å². The zero-order chi connectivity index (χ0) is 8.55. The van der Waals surface area contributed by atoms with Crippen molar-refractivity contribution in [2.75, 3.05) is 6.54 Å². The Kier molecular flexibility index (Phi) is 2.37. The Bertz CT molecular complexity index is 158. The Labute approximate surface area is 75.3 Å². The Morgan fingerprint density at radius 2 is 2.08 bits per heavy atom. The molecule has 0 radical (unpaired) electrons. The van der Waals surface area contributed by atoms with E-state index in [1.165, 1.54) is 32.2 Å². The van der Waals surface area contributed by atoms with E-state index >= 15 is 0 Å². The van der Waals surface area contributed by atoms with Crippen LogP contribution in [-0.4, -0.2) is 24.8 Å². The standard InChI is InChI=1S/C10H20N2/c1-8-7-9(2)12-6-4-3-5-10(12)11-8/h8-11H,3-7H2,1-2H3/p+1. The van der Waals surface area contributed by atoms with Crippen LogP contribution in [0, 0.1) is 0 Å². The molecule has 0 bridgehead atoms. The van der Waals surface area contributed by atoms with Crippen LogP contribution in [0.25, 0.3) is 0 Å². The third-order valence-corrected chi connectivity index (χ3v) is 3.48. The predicted octanol–water partition coefficient (Wildman–Crippen LogP) is 0.152. The molecule has 2 saturated heterocycles. The van der Waals surface area contributed by atoms with Gasteiger partial charge in [0, 0.05) is 18.9 Å². The molecule has 2 heterocycles. The fourth-order valence-corrected chi connectivity index (χ4v) is 2.91. The van der Waals surface area contributed by atoms with E-state index in [-0.39, 0.29) is 0 Å². The van der Waals surface area contributed by atoms with Gasteiger partial charge < -0.3 is 4.90 Å². The van der Waals surface area contributed by atoms with Gasteiger partial charge in [-0.15, -0.1) is 0 Å². The van der Waals surface area contributed by atoms with Crippen LogP contribution >= 0.6 is 0 Å².